The molecule has 0 aromatic heterocycles. The quantitative estimate of drug-likeness (QED) is 0.800. The van der Waals surface area contributed by atoms with Crippen LogP contribution >= 0.6 is 11.6 Å². The first-order valence-electron chi connectivity index (χ1n) is 6.80. The molecule has 1 saturated heterocycles. The van der Waals surface area contributed by atoms with Crippen molar-refractivity contribution >= 4 is 17.6 Å². The summed E-state index contributed by atoms with van der Waals surface area (Å²) >= 11 is 6.00. The van der Waals surface area contributed by atoms with E-state index >= 15 is 0 Å². The summed E-state index contributed by atoms with van der Waals surface area (Å²) in [7, 11) is 0. The van der Waals surface area contributed by atoms with Gasteiger partial charge in [-0.05, 0) is 19.1 Å². The van der Waals surface area contributed by atoms with Crippen molar-refractivity contribution in [1.82, 2.24) is 10.2 Å². The van der Waals surface area contributed by atoms with Crippen LogP contribution in [0, 0.1) is 5.82 Å². The Morgan fingerprint density at radius 3 is 2.57 bits per heavy atom. The highest BCUT2D eigenvalue weighted by Gasteiger charge is 2.38. The largest absolute Gasteiger partial charge is 0.490 e. The first-order valence-corrected chi connectivity index (χ1v) is 7.17. The molecule has 1 aromatic carbocycles. The molecule has 9 heteroatoms. The molecule has 1 atom stereocenters. The zero-order chi connectivity index (χ0) is 17.6. The van der Waals surface area contributed by atoms with E-state index < -0.39 is 12.1 Å². The summed E-state index contributed by atoms with van der Waals surface area (Å²) in [4.78, 5) is 11.1. The van der Waals surface area contributed by atoms with Crippen molar-refractivity contribution in [2.24, 2.45) is 0 Å². The topological polar surface area (TPSA) is 52.6 Å². The summed E-state index contributed by atoms with van der Waals surface area (Å²) in [5.74, 6) is -2.97. The van der Waals surface area contributed by atoms with Crippen LogP contribution in [0.5, 0.6) is 0 Å². The molecule has 0 aliphatic carbocycles. The van der Waals surface area contributed by atoms with Crippen molar-refractivity contribution < 1.29 is 27.5 Å². The minimum absolute atomic E-state index is 0.210. The first kappa shape index (κ1) is 19.7. The zero-order valence-electron chi connectivity index (χ0n) is 12.3. The molecule has 4 nitrogen and oxygen atoms in total. The summed E-state index contributed by atoms with van der Waals surface area (Å²) in [5.41, 5.74) is 0.610. The predicted octanol–water partition coefficient (Wildman–Crippen LogP) is 2.91. The van der Waals surface area contributed by atoms with Crippen molar-refractivity contribution in [1.29, 1.82) is 0 Å². The van der Waals surface area contributed by atoms with Crippen LogP contribution in [0.4, 0.5) is 17.6 Å². The lowest BCUT2D eigenvalue weighted by molar-refractivity contribution is -0.192. The van der Waals surface area contributed by atoms with E-state index in [0.717, 1.165) is 19.6 Å². The summed E-state index contributed by atoms with van der Waals surface area (Å²) in [6, 6.07) is 5.30. The number of hydrogen-bond acceptors (Lipinski definition) is 3. The van der Waals surface area contributed by atoms with Gasteiger partial charge in [0.15, 0.2) is 0 Å². The number of benzene rings is 1. The third kappa shape index (κ3) is 6.72. The van der Waals surface area contributed by atoms with Crippen LogP contribution in [-0.2, 0) is 11.3 Å². The second-order valence-corrected chi connectivity index (χ2v) is 5.50. The molecule has 23 heavy (non-hydrogen) atoms. The van der Waals surface area contributed by atoms with Crippen LogP contribution in [0.3, 0.4) is 0 Å². The van der Waals surface area contributed by atoms with Gasteiger partial charge in [-0.1, -0.05) is 17.7 Å². The molecule has 0 saturated carbocycles. The number of aliphatic carboxylic acids is 1. The fourth-order valence-corrected chi connectivity index (χ4v) is 2.29. The van der Waals surface area contributed by atoms with E-state index in [0.29, 0.717) is 23.2 Å². The van der Waals surface area contributed by atoms with Crippen molar-refractivity contribution in [2.45, 2.75) is 25.7 Å². The Kier molecular flexibility index (Phi) is 7.24. The number of hydrogen-bond donors (Lipinski definition) is 2. The van der Waals surface area contributed by atoms with Crippen molar-refractivity contribution in [3.05, 3.63) is 34.6 Å². The Bertz CT molecular complexity index is 520. The fraction of sp³-hybridized carbons (Fsp3) is 0.500. The number of carboxylic acid groups (broad SMARTS) is 1. The van der Waals surface area contributed by atoms with Crippen LogP contribution in [0.1, 0.15) is 12.5 Å². The molecular weight excluding hydrogens is 340 g/mol. The molecule has 1 fully saturated rings. The highest BCUT2D eigenvalue weighted by Crippen LogP contribution is 2.21. The Morgan fingerprint density at radius 2 is 2.09 bits per heavy atom. The third-order valence-corrected chi connectivity index (χ3v) is 3.49. The van der Waals surface area contributed by atoms with Gasteiger partial charge in [0.1, 0.15) is 5.82 Å². The summed E-state index contributed by atoms with van der Waals surface area (Å²) in [5, 5.41) is 11.0. The number of rotatable bonds is 2. The van der Waals surface area contributed by atoms with Gasteiger partial charge in [0.05, 0.1) is 0 Å². The maximum Gasteiger partial charge on any atom is 0.490 e. The maximum absolute atomic E-state index is 13.6. The van der Waals surface area contributed by atoms with E-state index in [1.54, 1.807) is 12.1 Å². The van der Waals surface area contributed by atoms with E-state index in [1.165, 1.54) is 6.07 Å². The van der Waals surface area contributed by atoms with Gasteiger partial charge in [-0.25, -0.2) is 9.18 Å². The molecule has 0 amide bonds. The highest BCUT2D eigenvalue weighted by molar-refractivity contribution is 6.31. The van der Waals surface area contributed by atoms with Crippen molar-refractivity contribution in [3.8, 4) is 0 Å². The summed E-state index contributed by atoms with van der Waals surface area (Å²) in [6.45, 7) is 5.56. The lowest BCUT2D eigenvalue weighted by Gasteiger charge is -2.32. The van der Waals surface area contributed by atoms with E-state index in [1.807, 2.05) is 0 Å². The standard InChI is InChI=1S/C12H16ClFN2.C2HF3O2/c1-9-7-16(6-5-15-9)8-10-11(13)3-2-4-12(10)14;3-2(4,5)1(6)7/h2-4,9,15H,5-8H2,1H3;(H,6,7). The number of carboxylic acids is 1. The Labute approximate surface area is 136 Å². The number of halogens is 5. The molecule has 1 aliphatic rings. The molecule has 0 bridgehead atoms. The fourth-order valence-electron chi connectivity index (χ4n) is 2.06. The van der Waals surface area contributed by atoms with E-state index in [4.69, 9.17) is 21.5 Å². The Balaban J connectivity index is 0.000000322. The van der Waals surface area contributed by atoms with Crippen molar-refractivity contribution in [3.63, 3.8) is 0 Å². The van der Waals surface area contributed by atoms with Gasteiger partial charge in [-0.3, -0.25) is 4.90 Å². The van der Waals surface area contributed by atoms with Crippen molar-refractivity contribution in [2.75, 3.05) is 19.6 Å². The molecule has 0 radical (unpaired) electrons. The monoisotopic (exact) mass is 356 g/mol. The number of carbonyl (C=O) groups is 1. The van der Waals surface area contributed by atoms with Gasteiger partial charge < -0.3 is 10.4 Å². The van der Waals surface area contributed by atoms with E-state index in [-0.39, 0.29) is 5.82 Å². The second-order valence-electron chi connectivity index (χ2n) is 5.09. The summed E-state index contributed by atoms with van der Waals surface area (Å²) in [6.07, 6.45) is -5.08. The molecule has 1 aromatic rings. The van der Waals surface area contributed by atoms with Gasteiger partial charge in [-0.2, -0.15) is 13.2 Å². The highest BCUT2D eigenvalue weighted by atomic mass is 35.5. The average molecular weight is 357 g/mol. The molecule has 2 rings (SSSR count). The normalized spacial score (nSPS) is 19.0. The minimum Gasteiger partial charge on any atom is -0.475 e. The van der Waals surface area contributed by atoms with Crippen LogP contribution in [0.15, 0.2) is 18.2 Å². The van der Waals surface area contributed by atoms with E-state index in [2.05, 4.69) is 17.1 Å². The third-order valence-electron chi connectivity index (χ3n) is 3.14. The van der Waals surface area contributed by atoms with Gasteiger partial charge in [0, 0.05) is 42.8 Å². The number of piperazine rings is 1. The van der Waals surface area contributed by atoms with Crippen LogP contribution in [-0.4, -0.2) is 47.8 Å². The lowest BCUT2D eigenvalue weighted by Crippen LogP contribution is -2.48. The number of alkyl halides is 3. The first-order chi connectivity index (χ1) is 10.6. The van der Waals surface area contributed by atoms with Crippen LogP contribution in [0.2, 0.25) is 5.02 Å². The molecule has 1 unspecified atom stereocenters. The van der Waals surface area contributed by atoms with E-state index in [9.17, 15) is 17.6 Å². The van der Waals surface area contributed by atoms with Gasteiger partial charge >= 0.3 is 12.1 Å². The zero-order valence-corrected chi connectivity index (χ0v) is 13.1. The molecule has 0 spiro atoms. The average Bonchev–Trinajstić information content (AvgIpc) is 2.43. The second kappa shape index (κ2) is 8.47. The molecule has 1 heterocycles. The van der Waals surface area contributed by atoms with Gasteiger partial charge in [0.2, 0.25) is 0 Å². The minimum atomic E-state index is -5.08. The smallest absolute Gasteiger partial charge is 0.475 e. The van der Waals surface area contributed by atoms with Gasteiger partial charge in [-0.15, -0.1) is 0 Å². The summed E-state index contributed by atoms with van der Waals surface area (Å²) < 4.78 is 45.3. The number of nitrogens with one attached hydrogen (secondary N) is 1. The number of nitrogens with zero attached hydrogens (tertiary/aromatic N) is 1. The Morgan fingerprint density at radius 1 is 1.48 bits per heavy atom. The SMILES string of the molecule is CC1CN(Cc2c(F)cccc2Cl)CCN1.O=C(O)C(F)(F)F. The van der Waals surface area contributed by atoms with Crippen LogP contribution < -0.4 is 5.32 Å². The predicted molar refractivity (Wildman–Crippen MR) is 77.8 cm³/mol. The molecule has 2 N–H and O–H groups in total. The maximum atomic E-state index is 13.6. The van der Waals surface area contributed by atoms with Gasteiger partial charge in [0.25, 0.3) is 0 Å². The molecular formula is C14H17ClF4N2O2. The Hall–Kier alpha value is -1.38. The molecule has 1 aliphatic heterocycles. The van der Waals surface area contributed by atoms with Crippen LogP contribution in [0.25, 0.3) is 0 Å². The molecule has 130 valence electrons. The lowest BCUT2D eigenvalue weighted by atomic mass is 10.1.